The molecule has 5 aromatic rings. The molecular weight excluding hydrogens is 366 g/mol. The molecule has 3 aromatic carbocycles. The second kappa shape index (κ2) is 6.77. The van der Waals surface area contributed by atoms with Gasteiger partial charge >= 0.3 is 0 Å². The number of aromatic nitrogens is 3. The fourth-order valence-corrected chi connectivity index (χ4v) is 3.80. The lowest BCUT2D eigenvalue weighted by molar-refractivity contribution is 0.917. The van der Waals surface area contributed by atoms with E-state index in [0.717, 1.165) is 45.2 Å². The molecule has 0 radical (unpaired) electrons. The summed E-state index contributed by atoms with van der Waals surface area (Å²) in [5, 5.41) is 7.70. The fraction of sp³-hybridized carbons (Fsp3) is 0.0833. The molecule has 0 unspecified atom stereocenters. The van der Waals surface area contributed by atoms with Crippen LogP contribution in [0.2, 0.25) is 5.02 Å². The molecule has 2 heterocycles. The molecule has 0 N–H and O–H groups in total. The summed E-state index contributed by atoms with van der Waals surface area (Å²) < 4.78 is 2.00. The second-order valence-electron chi connectivity index (χ2n) is 6.83. The van der Waals surface area contributed by atoms with Crippen molar-refractivity contribution in [2.75, 3.05) is 0 Å². The Morgan fingerprint density at radius 3 is 2.43 bits per heavy atom. The summed E-state index contributed by atoms with van der Waals surface area (Å²) in [5.41, 5.74) is 6.26. The van der Waals surface area contributed by atoms with Crippen LogP contribution in [0, 0.1) is 0 Å². The molecule has 0 amide bonds. The monoisotopic (exact) mass is 383 g/mol. The lowest BCUT2D eigenvalue weighted by Gasteiger charge is -2.06. The Morgan fingerprint density at radius 1 is 0.893 bits per heavy atom. The number of benzene rings is 3. The van der Waals surface area contributed by atoms with E-state index in [-0.39, 0.29) is 0 Å². The van der Waals surface area contributed by atoms with Gasteiger partial charge in [-0.05, 0) is 42.3 Å². The summed E-state index contributed by atoms with van der Waals surface area (Å²) in [5.74, 6) is 0. The van der Waals surface area contributed by atoms with Crippen LogP contribution in [0.4, 0.5) is 0 Å². The minimum Gasteiger partial charge on any atom is -0.255 e. The molecule has 0 saturated carbocycles. The highest BCUT2D eigenvalue weighted by molar-refractivity contribution is 6.31. The summed E-state index contributed by atoms with van der Waals surface area (Å²) in [7, 11) is 0. The summed E-state index contributed by atoms with van der Waals surface area (Å²) in [6.07, 6.45) is 2.94. The summed E-state index contributed by atoms with van der Waals surface area (Å²) >= 11 is 6.32. The van der Waals surface area contributed by atoms with E-state index in [0.29, 0.717) is 5.02 Å². The number of para-hydroxylation sites is 1. The number of hydrogen-bond acceptors (Lipinski definition) is 2. The van der Waals surface area contributed by atoms with E-state index in [1.54, 1.807) is 0 Å². The van der Waals surface area contributed by atoms with E-state index in [9.17, 15) is 0 Å². The first-order chi connectivity index (χ1) is 13.7. The van der Waals surface area contributed by atoms with Crippen molar-refractivity contribution in [3.63, 3.8) is 0 Å². The standard InChI is InChI=1S/C24H18ClN3/c1-2-16-8-10-17(11-9-16)23-21-15-26-22-13-12-18(25)14-20(22)24(21)28(27-23)19-6-4-3-5-7-19/h3-15H,2H2,1H3. The van der Waals surface area contributed by atoms with E-state index in [1.807, 2.05) is 47.3 Å². The van der Waals surface area contributed by atoms with Crippen molar-refractivity contribution < 1.29 is 0 Å². The molecule has 5 rings (SSSR count). The van der Waals surface area contributed by atoms with Gasteiger partial charge in [-0.3, -0.25) is 4.98 Å². The molecule has 0 aliphatic rings. The Labute approximate surface area is 168 Å². The molecule has 0 aliphatic heterocycles. The predicted octanol–water partition coefficient (Wildman–Crippen LogP) is 6.46. The first-order valence-electron chi connectivity index (χ1n) is 9.36. The van der Waals surface area contributed by atoms with Crippen molar-refractivity contribution in [1.29, 1.82) is 0 Å². The highest BCUT2D eigenvalue weighted by Crippen LogP contribution is 2.34. The van der Waals surface area contributed by atoms with Crippen molar-refractivity contribution in [2.24, 2.45) is 0 Å². The molecule has 2 aromatic heterocycles. The van der Waals surface area contributed by atoms with Crippen molar-refractivity contribution in [3.8, 4) is 16.9 Å². The van der Waals surface area contributed by atoms with Gasteiger partial charge in [-0.25, -0.2) is 4.68 Å². The zero-order valence-electron chi connectivity index (χ0n) is 15.4. The van der Waals surface area contributed by atoms with Gasteiger partial charge in [-0.1, -0.05) is 61.0 Å². The first kappa shape index (κ1) is 17.0. The highest BCUT2D eigenvalue weighted by atomic mass is 35.5. The maximum absolute atomic E-state index is 6.32. The van der Waals surface area contributed by atoms with Crippen LogP contribution < -0.4 is 0 Å². The van der Waals surface area contributed by atoms with Crippen LogP contribution in [-0.4, -0.2) is 14.8 Å². The Kier molecular flexibility index (Phi) is 4.10. The molecule has 0 spiro atoms. The van der Waals surface area contributed by atoms with Gasteiger partial charge in [0.05, 0.1) is 16.7 Å². The largest absolute Gasteiger partial charge is 0.255 e. The predicted molar refractivity (Wildman–Crippen MR) is 116 cm³/mol. The third kappa shape index (κ3) is 2.76. The van der Waals surface area contributed by atoms with Gasteiger partial charge in [-0.2, -0.15) is 5.10 Å². The quantitative estimate of drug-likeness (QED) is 0.358. The number of rotatable bonds is 3. The minimum absolute atomic E-state index is 0.691. The molecule has 0 bridgehead atoms. The van der Waals surface area contributed by atoms with Crippen LogP contribution in [0.3, 0.4) is 0 Å². The van der Waals surface area contributed by atoms with Crippen LogP contribution in [0.5, 0.6) is 0 Å². The average molecular weight is 384 g/mol. The second-order valence-corrected chi connectivity index (χ2v) is 7.26. The Balaban J connectivity index is 1.87. The van der Waals surface area contributed by atoms with Gasteiger partial charge in [0, 0.05) is 27.6 Å². The SMILES string of the molecule is CCc1ccc(-c2nn(-c3ccccc3)c3c2cnc2ccc(Cl)cc23)cc1. The molecule has 4 heteroatoms. The van der Waals surface area contributed by atoms with Crippen LogP contribution in [0.1, 0.15) is 12.5 Å². The number of fused-ring (bicyclic) bond motifs is 3. The molecule has 136 valence electrons. The number of hydrogen-bond donors (Lipinski definition) is 0. The van der Waals surface area contributed by atoms with Crippen molar-refractivity contribution >= 4 is 33.4 Å². The van der Waals surface area contributed by atoms with Gasteiger partial charge in [0.15, 0.2) is 0 Å². The molecule has 0 atom stereocenters. The molecule has 0 saturated heterocycles. The molecule has 28 heavy (non-hydrogen) atoms. The summed E-state index contributed by atoms with van der Waals surface area (Å²) in [6, 6.07) is 24.6. The maximum Gasteiger partial charge on any atom is 0.102 e. The molecule has 0 aliphatic carbocycles. The Bertz CT molecular complexity index is 1290. The van der Waals surface area contributed by atoms with E-state index < -0.39 is 0 Å². The first-order valence-corrected chi connectivity index (χ1v) is 9.74. The smallest absolute Gasteiger partial charge is 0.102 e. The minimum atomic E-state index is 0.691. The molecule has 0 fully saturated rings. The van der Waals surface area contributed by atoms with Gasteiger partial charge in [0.25, 0.3) is 0 Å². The van der Waals surface area contributed by atoms with Gasteiger partial charge < -0.3 is 0 Å². The zero-order valence-corrected chi connectivity index (χ0v) is 16.2. The van der Waals surface area contributed by atoms with Gasteiger partial charge in [0.2, 0.25) is 0 Å². The number of aryl methyl sites for hydroxylation is 1. The molecular formula is C24H18ClN3. The van der Waals surface area contributed by atoms with Crippen LogP contribution in [0.15, 0.2) is 79.0 Å². The van der Waals surface area contributed by atoms with E-state index in [4.69, 9.17) is 16.7 Å². The van der Waals surface area contributed by atoms with Crippen LogP contribution >= 0.6 is 11.6 Å². The third-order valence-electron chi connectivity index (χ3n) is 5.10. The topological polar surface area (TPSA) is 30.7 Å². The van der Waals surface area contributed by atoms with E-state index in [1.165, 1.54) is 5.56 Å². The maximum atomic E-state index is 6.32. The van der Waals surface area contributed by atoms with Crippen LogP contribution in [-0.2, 0) is 6.42 Å². The summed E-state index contributed by atoms with van der Waals surface area (Å²) in [4.78, 5) is 4.67. The number of nitrogens with zero attached hydrogens (tertiary/aromatic N) is 3. The fourth-order valence-electron chi connectivity index (χ4n) is 3.62. The van der Waals surface area contributed by atoms with Gasteiger partial charge in [0.1, 0.15) is 5.69 Å². The van der Waals surface area contributed by atoms with Gasteiger partial charge in [-0.15, -0.1) is 0 Å². The average Bonchev–Trinajstić information content (AvgIpc) is 3.14. The van der Waals surface area contributed by atoms with Crippen LogP contribution in [0.25, 0.3) is 38.8 Å². The lowest BCUT2D eigenvalue weighted by atomic mass is 10.0. The number of halogens is 1. The normalized spacial score (nSPS) is 11.4. The van der Waals surface area contributed by atoms with Crippen molar-refractivity contribution in [2.45, 2.75) is 13.3 Å². The third-order valence-corrected chi connectivity index (χ3v) is 5.34. The highest BCUT2D eigenvalue weighted by Gasteiger charge is 2.17. The Hall–Kier alpha value is -3.17. The Morgan fingerprint density at radius 2 is 1.68 bits per heavy atom. The van der Waals surface area contributed by atoms with E-state index in [2.05, 4.69) is 48.3 Å². The summed E-state index contributed by atoms with van der Waals surface area (Å²) in [6.45, 7) is 2.16. The zero-order chi connectivity index (χ0) is 19.1. The van der Waals surface area contributed by atoms with Crippen molar-refractivity contribution in [3.05, 3.63) is 89.6 Å². The number of pyridine rings is 1. The lowest BCUT2D eigenvalue weighted by Crippen LogP contribution is -1.97. The van der Waals surface area contributed by atoms with Crippen molar-refractivity contribution in [1.82, 2.24) is 14.8 Å². The molecule has 3 nitrogen and oxygen atoms in total. The van der Waals surface area contributed by atoms with E-state index >= 15 is 0 Å².